The molecular formula is C13H34. The van der Waals surface area contributed by atoms with E-state index in [1.807, 2.05) is 13.8 Å². The molecule has 0 N–H and O–H groups in total. The highest BCUT2D eigenvalue weighted by atomic mass is 13.8. The van der Waals surface area contributed by atoms with Crippen molar-refractivity contribution in [2.45, 2.75) is 87.5 Å². The number of unbranched alkanes of at least 4 members (excludes halogenated alkanes) is 4. The lowest BCUT2D eigenvalue weighted by Gasteiger charge is -1.86. The Bertz CT molecular complexity index is 25.0. The summed E-state index contributed by atoms with van der Waals surface area (Å²) in [6, 6.07) is 0. The lowest BCUT2D eigenvalue weighted by Crippen LogP contribution is -1.66. The van der Waals surface area contributed by atoms with Crippen LogP contribution in [0.3, 0.4) is 0 Å². The Hall–Kier alpha value is 0. The minimum atomic E-state index is 0. The summed E-state index contributed by atoms with van der Waals surface area (Å²) in [4.78, 5) is 0. The summed E-state index contributed by atoms with van der Waals surface area (Å²) >= 11 is 0. The van der Waals surface area contributed by atoms with Gasteiger partial charge < -0.3 is 0 Å². The fraction of sp³-hybridized carbons (Fsp3) is 1.00. The van der Waals surface area contributed by atoms with Crippen LogP contribution in [0.5, 0.6) is 0 Å². The Balaban J connectivity index is -0.0000000512. The van der Waals surface area contributed by atoms with Gasteiger partial charge in [-0.05, 0) is 0 Å². The van der Waals surface area contributed by atoms with Crippen molar-refractivity contribution >= 4 is 0 Å². The second-order valence-electron chi connectivity index (χ2n) is 2.71. The summed E-state index contributed by atoms with van der Waals surface area (Å²) in [5.41, 5.74) is 0. The maximum absolute atomic E-state index is 2.23. The second-order valence-corrected chi connectivity index (χ2v) is 2.71. The molecule has 0 saturated carbocycles. The van der Waals surface area contributed by atoms with Gasteiger partial charge in [0.15, 0.2) is 0 Å². The van der Waals surface area contributed by atoms with E-state index in [0.29, 0.717) is 0 Å². The molecule has 0 nitrogen and oxygen atoms in total. The average Bonchev–Trinajstić information content (AvgIpc) is 2.18. The summed E-state index contributed by atoms with van der Waals surface area (Å²) in [5, 5.41) is 0. The predicted molar refractivity (Wildman–Crippen MR) is 68.5 cm³/mol. The molecule has 0 aliphatic heterocycles. The maximum Gasteiger partial charge on any atom is -0.0536 e. The second kappa shape index (κ2) is 40.3. The minimum absolute atomic E-state index is 0. The van der Waals surface area contributed by atoms with Gasteiger partial charge in [-0.2, -0.15) is 0 Å². The molecule has 13 heavy (non-hydrogen) atoms. The van der Waals surface area contributed by atoms with Crippen molar-refractivity contribution in [3.63, 3.8) is 0 Å². The van der Waals surface area contributed by atoms with Crippen LogP contribution in [0, 0.1) is 0 Å². The molecule has 0 bridgehead atoms. The van der Waals surface area contributed by atoms with Gasteiger partial charge in [-0.25, -0.2) is 0 Å². The molecule has 0 saturated heterocycles. The van der Waals surface area contributed by atoms with Crippen LogP contribution in [0.15, 0.2) is 0 Å². The third kappa shape index (κ3) is 75.0. The van der Waals surface area contributed by atoms with Crippen LogP contribution in [0.4, 0.5) is 0 Å². The first-order valence-electron chi connectivity index (χ1n) is 5.83. The van der Waals surface area contributed by atoms with Gasteiger partial charge in [0.2, 0.25) is 0 Å². The predicted octanol–water partition coefficient (Wildman–Crippen LogP) is 6.06. The molecule has 0 aromatic rings. The molecule has 0 aromatic heterocycles. The Morgan fingerprint density at radius 2 is 0.769 bits per heavy atom. The third-order valence-corrected chi connectivity index (χ3v) is 1.46. The van der Waals surface area contributed by atoms with Gasteiger partial charge in [-0.1, -0.05) is 87.5 Å². The largest absolute Gasteiger partial charge is 0.0776 e. The molecule has 0 aliphatic rings. The van der Waals surface area contributed by atoms with Gasteiger partial charge in [-0.3, -0.25) is 0 Å². The van der Waals surface area contributed by atoms with Crippen LogP contribution in [-0.4, -0.2) is 0 Å². The van der Waals surface area contributed by atoms with Crippen molar-refractivity contribution in [1.82, 2.24) is 0 Å². The topological polar surface area (TPSA) is 0 Å². The minimum Gasteiger partial charge on any atom is -0.0776 e. The monoisotopic (exact) mass is 190 g/mol. The first-order chi connectivity index (χ1) is 5.83. The Kier molecular flexibility index (Phi) is 71.7. The Morgan fingerprint density at radius 1 is 0.538 bits per heavy atom. The highest BCUT2D eigenvalue weighted by Crippen LogP contribution is 1.95. The van der Waals surface area contributed by atoms with Crippen molar-refractivity contribution in [3.8, 4) is 0 Å². The first kappa shape index (κ1) is 23.1. The summed E-state index contributed by atoms with van der Waals surface area (Å²) in [7, 11) is 0. The first-order valence-corrected chi connectivity index (χ1v) is 5.83. The van der Waals surface area contributed by atoms with Crippen molar-refractivity contribution in [1.29, 1.82) is 0 Å². The quantitative estimate of drug-likeness (QED) is 0.473. The molecule has 0 fully saturated rings. The van der Waals surface area contributed by atoms with Crippen LogP contribution < -0.4 is 0 Å². The Morgan fingerprint density at radius 3 is 0.846 bits per heavy atom. The van der Waals surface area contributed by atoms with Gasteiger partial charge in [0, 0.05) is 0 Å². The smallest absolute Gasteiger partial charge is 0.0536 e. The van der Waals surface area contributed by atoms with E-state index in [-0.39, 0.29) is 7.43 Å². The van der Waals surface area contributed by atoms with Crippen LogP contribution in [0.25, 0.3) is 0 Å². The molecule has 0 aromatic carbocycles. The molecule has 0 amide bonds. The molecule has 0 spiro atoms. The lowest BCUT2D eigenvalue weighted by atomic mass is 10.2. The van der Waals surface area contributed by atoms with Gasteiger partial charge in [-0.15, -0.1) is 0 Å². The molecule has 86 valence electrons. The van der Waals surface area contributed by atoms with Crippen molar-refractivity contribution in [3.05, 3.63) is 0 Å². The average molecular weight is 190 g/mol. The van der Waals surface area contributed by atoms with Crippen LogP contribution in [-0.2, 0) is 0 Å². The number of hydrogen-bond acceptors (Lipinski definition) is 0. The van der Waals surface area contributed by atoms with E-state index in [9.17, 15) is 0 Å². The number of rotatable bonds is 4. The highest BCUT2D eigenvalue weighted by molar-refractivity contribution is 4.31. The summed E-state index contributed by atoms with van der Waals surface area (Å²) in [6.45, 7) is 12.8. The fourth-order valence-electron chi connectivity index (χ4n) is 0.500. The summed E-state index contributed by atoms with van der Waals surface area (Å²) in [5.74, 6) is 0. The maximum atomic E-state index is 2.23. The van der Waals surface area contributed by atoms with E-state index in [1.165, 1.54) is 38.5 Å². The van der Waals surface area contributed by atoms with Gasteiger partial charge in [0.25, 0.3) is 0 Å². The molecule has 0 unspecified atom stereocenters. The zero-order valence-corrected chi connectivity index (χ0v) is 10.2. The van der Waals surface area contributed by atoms with E-state index in [4.69, 9.17) is 0 Å². The normalized spacial score (nSPS) is 6.92. The molecule has 0 heterocycles. The van der Waals surface area contributed by atoms with Crippen molar-refractivity contribution in [2.24, 2.45) is 0 Å². The molecule has 0 aliphatic carbocycles. The molecular weight excluding hydrogens is 156 g/mol. The Labute approximate surface area is 88.1 Å². The standard InChI is InChI=1S/C6H14.C4H10.C2H6.CH4/c1-3-5-6-4-2;1-3-4-2;1-2;/h3-6H2,1-2H3;3-4H2,1-2H3;1-2H3;1H4. The van der Waals surface area contributed by atoms with E-state index in [2.05, 4.69) is 27.7 Å². The molecule has 0 heteroatoms. The highest BCUT2D eigenvalue weighted by Gasteiger charge is 1.75. The van der Waals surface area contributed by atoms with E-state index >= 15 is 0 Å². The summed E-state index contributed by atoms with van der Waals surface area (Å²) in [6.07, 6.45) is 8.18. The zero-order chi connectivity index (χ0) is 10.2. The molecule has 0 rings (SSSR count). The zero-order valence-electron chi connectivity index (χ0n) is 10.2. The van der Waals surface area contributed by atoms with Gasteiger partial charge >= 0.3 is 0 Å². The lowest BCUT2D eigenvalue weighted by molar-refractivity contribution is 0.702. The fourth-order valence-corrected chi connectivity index (χ4v) is 0.500. The van der Waals surface area contributed by atoms with E-state index < -0.39 is 0 Å². The van der Waals surface area contributed by atoms with E-state index in [1.54, 1.807) is 0 Å². The molecule has 0 radical (unpaired) electrons. The van der Waals surface area contributed by atoms with Crippen LogP contribution >= 0.6 is 0 Å². The van der Waals surface area contributed by atoms with Gasteiger partial charge in [0.05, 0.1) is 0 Å². The van der Waals surface area contributed by atoms with Crippen LogP contribution in [0.1, 0.15) is 87.5 Å². The van der Waals surface area contributed by atoms with Crippen molar-refractivity contribution in [2.75, 3.05) is 0 Å². The SMILES string of the molecule is C.CC.CCCC.CCCCCC. The summed E-state index contributed by atoms with van der Waals surface area (Å²) < 4.78 is 0. The van der Waals surface area contributed by atoms with Gasteiger partial charge in [0.1, 0.15) is 0 Å². The van der Waals surface area contributed by atoms with Crippen molar-refractivity contribution < 1.29 is 0 Å². The third-order valence-electron chi connectivity index (χ3n) is 1.46. The molecule has 0 atom stereocenters. The van der Waals surface area contributed by atoms with E-state index in [0.717, 1.165) is 0 Å². The number of hydrogen-bond donors (Lipinski definition) is 0. The van der Waals surface area contributed by atoms with Crippen LogP contribution in [0.2, 0.25) is 0 Å².